The minimum Gasteiger partial charge on any atom is -0.481 e. The van der Waals surface area contributed by atoms with Crippen molar-refractivity contribution >= 4 is 17.5 Å². The Morgan fingerprint density at radius 1 is 1.11 bits per heavy atom. The molecule has 5 nitrogen and oxygen atoms in total. The summed E-state index contributed by atoms with van der Waals surface area (Å²) in [5.74, 6) is 0.240. The molecule has 0 aliphatic rings. The van der Waals surface area contributed by atoms with Gasteiger partial charge in [0.05, 0.1) is 6.54 Å². The molecule has 27 heavy (non-hydrogen) atoms. The van der Waals surface area contributed by atoms with Crippen LogP contribution in [0.25, 0.3) is 0 Å². The lowest BCUT2D eigenvalue weighted by molar-refractivity contribution is -0.140. The van der Waals surface area contributed by atoms with E-state index in [1.54, 1.807) is 11.8 Å². The van der Waals surface area contributed by atoms with E-state index in [0.717, 1.165) is 23.2 Å². The second-order valence-electron chi connectivity index (χ2n) is 6.70. The van der Waals surface area contributed by atoms with Crippen LogP contribution in [0.5, 0.6) is 5.75 Å². The Hall–Kier alpha value is -2.82. The number of carbonyl (C=O) groups excluding carboxylic acids is 2. The third-order valence-corrected chi connectivity index (χ3v) is 4.21. The fourth-order valence-corrected chi connectivity index (χ4v) is 2.81. The first-order valence-corrected chi connectivity index (χ1v) is 9.28. The molecule has 1 atom stereocenters. The molecule has 2 aromatic carbocycles. The molecule has 5 heteroatoms. The number of benzene rings is 2. The number of amides is 2. The smallest absolute Gasteiger partial charge is 0.263 e. The van der Waals surface area contributed by atoms with E-state index in [0.29, 0.717) is 12.3 Å². The predicted octanol–water partition coefficient (Wildman–Crippen LogP) is 3.95. The monoisotopic (exact) mass is 368 g/mol. The number of nitrogens with one attached hydrogen (secondary N) is 1. The molecule has 0 aliphatic carbocycles. The van der Waals surface area contributed by atoms with E-state index in [1.165, 1.54) is 0 Å². The van der Waals surface area contributed by atoms with Gasteiger partial charge in [0.15, 0.2) is 6.10 Å². The maximum absolute atomic E-state index is 12.8. The van der Waals surface area contributed by atoms with Crippen LogP contribution in [0.1, 0.15) is 31.4 Å². The summed E-state index contributed by atoms with van der Waals surface area (Å²) in [6, 6.07) is 15.1. The fourth-order valence-electron chi connectivity index (χ4n) is 2.81. The zero-order valence-corrected chi connectivity index (χ0v) is 16.5. The summed E-state index contributed by atoms with van der Waals surface area (Å²) in [6.45, 7) is 8.10. The van der Waals surface area contributed by atoms with Gasteiger partial charge in [0.25, 0.3) is 5.91 Å². The Morgan fingerprint density at radius 2 is 1.85 bits per heavy atom. The second kappa shape index (κ2) is 9.76. The first-order valence-electron chi connectivity index (χ1n) is 9.28. The van der Waals surface area contributed by atoms with Crippen LogP contribution in [0.15, 0.2) is 48.5 Å². The molecule has 0 saturated carbocycles. The fraction of sp³-hybridized carbons (Fsp3) is 0.364. The summed E-state index contributed by atoms with van der Waals surface area (Å²) in [7, 11) is 0. The molecule has 0 aromatic heterocycles. The number of rotatable bonds is 8. The van der Waals surface area contributed by atoms with Crippen molar-refractivity contribution in [3.8, 4) is 5.75 Å². The number of hydrogen-bond donors (Lipinski definition) is 1. The maximum atomic E-state index is 12.8. The molecule has 0 heterocycles. The third kappa shape index (κ3) is 6.13. The van der Waals surface area contributed by atoms with Crippen LogP contribution in [0.3, 0.4) is 0 Å². The molecule has 2 amide bonds. The molecule has 1 unspecified atom stereocenters. The number of para-hydroxylation sites is 1. The molecule has 2 rings (SSSR count). The summed E-state index contributed by atoms with van der Waals surface area (Å²) >= 11 is 0. The number of hydrogen-bond acceptors (Lipinski definition) is 3. The van der Waals surface area contributed by atoms with E-state index in [2.05, 4.69) is 5.32 Å². The van der Waals surface area contributed by atoms with E-state index in [1.807, 2.05) is 69.3 Å². The summed E-state index contributed by atoms with van der Waals surface area (Å²) in [6.07, 6.45) is 0.102. The number of carbonyl (C=O) groups is 2. The summed E-state index contributed by atoms with van der Waals surface area (Å²) in [4.78, 5) is 26.8. The average Bonchev–Trinajstić information content (AvgIpc) is 2.62. The Labute approximate surface area is 161 Å². The van der Waals surface area contributed by atoms with E-state index >= 15 is 0 Å². The van der Waals surface area contributed by atoms with Crippen molar-refractivity contribution in [3.63, 3.8) is 0 Å². The van der Waals surface area contributed by atoms with Crippen LogP contribution in [0.2, 0.25) is 0 Å². The van der Waals surface area contributed by atoms with Crippen LogP contribution in [0, 0.1) is 13.8 Å². The van der Waals surface area contributed by atoms with Gasteiger partial charge in [-0.1, -0.05) is 37.3 Å². The van der Waals surface area contributed by atoms with Gasteiger partial charge in [-0.05, 0) is 56.5 Å². The average molecular weight is 368 g/mol. The standard InChI is InChI=1S/C22H28N2O3/c1-5-13-24(15-21(25)23-20-12-7-6-10-17(20)3)22(26)18(4)27-19-11-8-9-16(2)14-19/h6-12,14,18H,5,13,15H2,1-4H3,(H,23,25). The highest BCUT2D eigenvalue weighted by Gasteiger charge is 2.23. The van der Waals surface area contributed by atoms with Gasteiger partial charge in [-0.25, -0.2) is 0 Å². The molecule has 144 valence electrons. The molecule has 0 bridgehead atoms. The first kappa shape index (κ1) is 20.5. The largest absolute Gasteiger partial charge is 0.481 e. The van der Waals surface area contributed by atoms with Crippen LogP contribution in [-0.2, 0) is 9.59 Å². The zero-order chi connectivity index (χ0) is 19.8. The molecule has 0 spiro atoms. The highest BCUT2D eigenvalue weighted by Crippen LogP contribution is 2.16. The Morgan fingerprint density at radius 3 is 2.52 bits per heavy atom. The van der Waals surface area contributed by atoms with Crippen molar-refractivity contribution in [2.24, 2.45) is 0 Å². The number of anilines is 1. The van der Waals surface area contributed by atoms with Gasteiger partial charge in [0.2, 0.25) is 5.91 Å². The lowest BCUT2D eigenvalue weighted by atomic mass is 10.2. The zero-order valence-electron chi connectivity index (χ0n) is 16.5. The van der Waals surface area contributed by atoms with E-state index in [9.17, 15) is 9.59 Å². The Balaban J connectivity index is 2.01. The van der Waals surface area contributed by atoms with Gasteiger partial charge in [0, 0.05) is 12.2 Å². The molecule has 0 fully saturated rings. The van der Waals surface area contributed by atoms with Gasteiger partial charge in [-0.2, -0.15) is 0 Å². The van der Waals surface area contributed by atoms with Crippen LogP contribution >= 0.6 is 0 Å². The van der Waals surface area contributed by atoms with Crippen LogP contribution in [-0.4, -0.2) is 35.9 Å². The van der Waals surface area contributed by atoms with Gasteiger partial charge >= 0.3 is 0 Å². The molecule has 1 N–H and O–H groups in total. The second-order valence-corrected chi connectivity index (χ2v) is 6.70. The Bertz CT molecular complexity index is 789. The summed E-state index contributed by atoms with van der Waals surface area (Å²) in [5, 5.41) is 2.88. The normalized spacial score (nSPS) is 11.6. The molecule has 0 aliphatic heterocycles. The third-order valence-electron chi connectivity index (χ3n) is 4.21. The predicted molar refractivity (Wildman–Crippen MR) is 108 cm³/mol. The van der Waals surface area contributed by atoms with Crippen molar-refractivity contribution < 1.29 is 14.3 Å². The minimum absolute atomic E-state index is 0.00251. The van der Waals surface area contributed by atoms with Gasteiger partial charge in [-0.3, -0.25) is 9.59 Å². The van der Waals surface area contributed by atoms with Crippen molar-refractivity contribution in [1.82, 2.24) is 4.90 Å². The summed E-state index contributed by atoms with van der Waals surface area (Å²) < 4.78 is 5.78. The SMILES string of the molecule is CCCN(CC(=O)Nc1ccccc1C)C(=O)C(C)Oc1cccc(C)c1. The van der Waals surface area contributed by atoms with Gasteiger partial charge in [-0.15, -0.1) is 0 Å². The highest BCUT2D eigenvalue weighted by molar-refractivity contribution is 5.95. The lowest BCUT2D eigenvalue weighted by Crippen LogP contribution is -2.44. The van der Waals surface area contributed by atoms with Gasteiger partial charge < -0.3 is 15.0 Å². The van der Waals surface area contributed by atoms with Gasteiger partial charge in [0.1, 0.15) is 5.75 Å². The van der Waals surface area contributed by atoms with Crippen molar-refractivity contribution in [2.45, 2.75) is 40.2 Å². The molecular weight excluding hydrogens is 340 g/mol. The van der Waals surface area contributed by atoms with Crippen molar-refractivity contribution in [3.05, 3.63) is 59.7 Å². The van der Waals surface area contributed by atoms with Crippen LogP contribution < -0.4 is 10.1 Å². The maximum Gasteiger partial charge on any atom is 0.263 e. The highest BCUT2D eigenvalue weighted by atomic mass is 16.5. The topological polar surface area (TPSA) is 58.6 Å². The molecule has 0 radical (unpaired) electrons. The molecule has 0 saturated heterocycles. The van der Waals surface area contributed by atoms with E-state index in [-0.39, 0.29) is 18.4 Å². The summed E-state index contributed by atoms with van der Waals surface area (Å²) in [5.41, 5.74) is 2.81. The van der Waals surface area contributed by atoms with E-state index < -0.39 is 6.10 Å². The molecular formula is C22H28N2O3. The number of ether oxygens (including phenoxy) is 1. The van der Waals surface area contributed by atoms with Crippen LogP contribution in [0.4, 0.5) is 5.69 Å². The Kier molecular flexibility index (Phi) is 7.41. The molecule has 2 aromatic rings. The number of aryl methyl sites for hydroxylation is 2. The minimum atomic E-state index is -0.662. The lowest BCUT2D eigenvalue weighted by Gasteiger charge is -2.25. The van der Waals surface area contributed by atoms with Crippen molar-refractivity contribution in [1.29, 1.82) is 0 Å². The quantitative estimate of drug-likeness (QED) is 0.767. The van der Waals surface area contributed by atoms with E-state index in [4.69, 9.17) is 4.74 Å². The number of nitrogens with zero attached hydrogens (tertiary/aromatic N) is 1. The first-order chi connectivity index (χ1) is 12.9. The van der Waals surface area contributed by atoms with Crippen molar-refractivity contribution in [2.75, 3.05) is 18.4 Å².